The van der Waals surface area contributed by atoms with E-state index in [0.717, 1.165) is 11.3 Å². The van der Waals surface area contributed by atoms with Crippen molar-refractivity contribution >= 4 is 5.91 Å². The summed E-state index contributed by atoms with van der Waals surface area (Å²) in [4.78, 5) is 11.4. The van der Waals surface area contributed by atoms with Gasteiger partial charge in [0, 0.05) is 6.04 Å². The predicted molar refractivity (Wildman–Crippen MR) is 66.0 cm³/mol. The highest BCUT2D eigenvalue weighted by molar-refractivity contribution is 5.76. The third-order valence-electron chi connectivity index (χ3n) is 2.36. The van der Waals surface area contributed by atoms with Crippen LogP contribution in [-0.4, -0.2) is 30.3 Å². The molecule has 1 aromatic carbocycles. The van der Waals surface area contributed by atoms with Gasteiger partial charge >= 0.3 is 0 Å². The Morgan fingerprint density at radius 2 is 2.18 bits per heavy atom. The van der Waals surface area contributed by atoms with Crippen LogP contribution in [0.2, 0.25) is 0 Å². The zero-order valence-electron chi connectivity index (χ0n) is 10.3. The fourth-order valence-electron chi connectivity index (χ4n) is 1.36. The van der Waals surface area contributed by atoms with Gasteiger partial charge in [0.1, 0.15) is 5.75 Å². The number of para-hydroxylation sites is 1. The predicted octanol–water partition coefficient (Wildman–Crippen LogP) is 1.26. The van der Waals surface area contributed by atoms with Gasteiger partial charge in [-0.2, -0.15) is 0 Å². The molecule has 0 bridgehead atoms. The van der Waals surface area contributed by atoms with E-state index in [-0.39, 0.29) is 18.6 Å². The molecule has 1 amide bonds. The average Bonchev–Trinajstić information content (AvgIpc) is 2.31. The molecule has 1 rings (SSSR count). The number of aliphatic hydroxyl groups is 1. The molecule has 0 saturated carbocycles. The molecule has 0 radical (unpaired) electrons. The van der Waals surface area contributed by atoms with E-state index in [1.807, 2.05) is 31.2 Å². The standard InChI is InChI=1S/C13H19NO3/c1-10-5-3-4-6-12(10)17-8-7-13(16)14-11(2)9-15/h3-6,11,15H,7-9H2,1-2H3,(H,14,16)/t11-/m0/s1. The van der Waals surface area contributed by atoms with Gasteiger partial charge in [-0.25, -0.2) is 0 Å². The van der Waals surface area contributed by atoms with Gasteiger partial charge in [0.25, 0.3) is 0 Å². The number of hydrogen-bond acceptors (Lipinski definition) is 3. The third kappa shape index (κ3) is 4.87. The molecule has 0 heterocycles. The van der Waals surface area contributed by atoms with E-state index in [1.54, 1.807) is 6.92 Å². The van der Waals surface area contributed by atoms with Gasteiger partial charge in [-0.1, -0.05) is 18.2 Å². The molecule has 0 aliphatic heterocycles. The maximum absolute atomic E-state index is 11.4. The lowest BCUT2D eigenvalue weighted by molar-refractivity contribution is -0.122. The molecule has 0 unspecified atom stereocenters. The molecule has 0 aliphatic carbocycles. The molecule has 94 valence electrons. The maximum Gasteiger partial charge on any atom is 0.223 e. The third-order valence-corrected chi connectivity index (χ3v) is 2.36. The molecule has 0 spiro atoms. The normalized spacial score (nSPS) is 11.9. The van der Waals surface area contributed by atoms with E-state index in [0.29, 0.717) is 13.0 Å². The van der Waals surface area contributed by atoms with Gasteiger partial charge in [0.15, 0.2) is 0 Å². The van der Waals surface area contributed by atoms with E-state index in [2.05, 4.69) is 5.32 Å². The zero-order valence-corrected chi connectivity index (χ0v) is 10.3. The van der Waals surface area contributed by atoms with Crippen molar-refractivity contribution in [3.05, 3.63) is 29.8 Å². The van der Waals surface area contributed by atoms with E-state index < -0.39 is 0 Å². The molecular weight excluding hydrogens is 218 g/mol. The van der Waals surface area contributed by atoms with Crippen LogP contribution in [0.5, 0.6) is 5.75 Å². The van der Waals surface area contributed by atoms with Crippen molar-refractivity contribution in [1.82, 2.24) is 5.32 Å². The Kier molecular flexibility index (Phi) is 5.49. The summed E-state index contributed by atoms with van der Waals surface area (Å²) in [6.45, 7) is 4.00. The van der Waals surface area contributed by atoms with Crippen molar-refractivity contribution in [2.24, 2.45) is 0 Å². The molecular formula is C13H19NO3. The van der Waals surface area contributed by atoms with Crippen LogP contribution in [0.4, 0.5) is 0 Å². The Hall–Kier alpha value is -1.55. The monoisotopic (exact) mass is 237 g/mol. The number of aliphatic hydroxyl groups excluding tert-OH is 1. The van der Waals surface area contributed by atoms with Crippen molar-refractivity contribution in [3.63, 3.8) is 0 Å². The van der Waals surface area contributed by atoms with Crippen LogP contribution in [0.25, 0.3) is 0 Å². The van der Waals surface area contributed by atoms with Crippen molar-refractivity contribution in [1.29, 1.82) is 0 Å². The fourth-order valence-corrected chi connectivity index (χ4v) is 1.36. The quantitative estimate of drug-likeness (QED) is 0.783. The highest BCUT2D eigenvalue weighted by Crippen LogP contribution is 2.15. The average molecular weight is 237 g/mol. The van der Waals surface area contributed by atoms with Crippen LogP contribution < -0.4 is 10.1 Å². The summed E-state index contributed by atoms with van der Waals surface area (Å²) in [5.74, 6) is 0.690. The minimum atomic E-state index is -0.207. The number of aryl methyl sites for hydroxylation is 1. The first-order valence-electron chi connectivity index (χ1n) is 5.72. The molecule has 17 heavy (non-hydrogen) atoms. The Bertz CT molecular complexity index is 365. The van der Waals surface area contributed by atoms with E-state index >= 15 is 0 Å². The van der Waals surface area contributed by atoms with E-state index in [9.17, 15) is 4.79 Å². The lowest BCUT2D eigenvalue weighted by Gasteiger charge is -2.12. The Morgan fingerprint density at radius 1 is 1.47 bits per heavy atom. The summed E-state index contributed by atoms with van der Waals surface area (Å²) >= 11 is 0. The first kappa shape index (κ1) is 13.5. The summed E-state index contributed by atoms with van der Waals surface area (Å²) in [5.41, 5.74) is 1.05. The lowest BCUT2D eigenvalue weighted by Crippen LogP contribution is -2.35. The number of hydrogen-bond donors (Lipinski definition) is 2. The molecule has 0 aliphatic rings. The minimum absolute atomic E-state index is 0.0512. The smallest absolute Gasteiger partial charge is 0.223 e. The molecule has 4 heteroatoms. The number of carbonyl (C=O) groups excluding carboxylic acids is 1. The molecule has 0 fully saturated rings. The topological polar surface area (TPSA) is 58.6 Å². The van der Waals surface area contributed by atoms with Gasteiger partial charge in [-0.15, -0.1) is 0 Å². The zero-order chi connectivity index (χ0) is 12.7. The SMILES string of the molecule is Cc1ccccc1OCCC(=O)N[C@@H](C)CO. The van der Waals surface area contributed by atoms with Crippen LogP contribution in [0.1, 0.15) is 18.9 Å². The van der Waals surface area contributed by atoms with Crippen molar-refractivity contribution < 1.29 is 14.6 Å². The van der Waals surface area contributed by atoms with Gasteiger partial charge in [-0.05, 0) is 25.5 Å². The highest BCUT2D eigenvalue weighted by atomic mass is 16.5. The van der Waals surface area contributed by atoms with Gasteiger partial charge < -0.3 is 15.2 Å². The number of rotatable bonds is 6. The fraction of sp³-hybridized carbons (Fsp3) is 0.462. The summed E-state index contributed by atoms with van der Waals surface area (Å²) in [6, 6.07) is 7.47. The van der Waals surface area contributed by atoms with Crippen LogP contribution in [-0.2, 0) is 4.79 Å². The Labute approximate surface area is 102 Å². The molecule has 4 nitrogen and oxygen atoms in total. The number of ether oxygens (including phenoxy) is 1. The second-order valence-electron chi connectivity index (χ2n) is 4.02. The Morgan fingerprint density at radius 3 is 2.82 bits per heavy atom. The van der Waals surface area contributed by atoms with Crippen LogP contribution in [0, 0.1) is 6.92 Å². The molecule has 2 N–H and O–H groups in total. The lowest BCUT2D eigenvalue weighted by atomic mass is 10.2. The van der Waals surface area contributed by atoms with E-state index in [1.165, 1.54) is 0 Å². The van der Waals surface area contributed by atoms with Gasteiger partial charge in [-0.3, -0.25) is 4.79 Å². The minimum Gasteiger partial charge on any atom is -0.493 e. The van der Waals surface area contributed by atoms with Crippen LogP contribution >= 0.6 is 0 Å². The van der Waals surface area contributed by atoms with Crippen molar-refractivity contribution in [3.8, 4) is 5.75 Å². The highest BCUT2D eigenvalue weighted by Gasteiger charge is 2.06. The largest absolute Gasteiger partial charge is 0.493 e. The molecule has 1 aromatic rings. The van der Waals surface area contributed by atoms with Crippen LogP contribution in [0.3, 0.4) is 0 Å². The summed E-state index contributed by atoms with van der Waals surface area (Å²) in [6.07, 6.45) is 0.290. The number of amides is 1. The molecule has 0 saturated heterocycles. The first-order valence-corrected chi connectivity index (χ1v) is 5.72. The molecule has 0 aromatic heterocycles. The number of benzene rings is 1. The van der Waals surface area contributed by atoms with Gasteiger partial charge in [0.2, 0.25) is 5.91 Å². The van der Waals surface area contributed by atoms with Gasteiger partial charge in [0.05, 0.1) is 19.6 Å². The first-order chi connectivity index (χ1) is 8.13. The second-order valence-corrected chi connectivity index (χ2v) is 4.02. The maximum atomic E-state index is 11.4. The summed E-state index contributed by atoms with van der Waals surface area (Å²) < 4.78 is 5.50. The number of nitrogens with one attached hydrogen (secondary N) is 1. The van der Waals surface area contributed by atoms with Crippen molar-refractivity contribution in [2.45, 2.75) is 26.3 Å². The second kappa shape index (κ2) is 6.91. The van der Waals surface area contributed by atoms with E-state index in [4.69, 9.17) is 9.84 Å². The Balaban J connectivity index is 2.29. The summed E-state index contributed by atoms with van der Waals surface area (Å²) in [5, 5.41) is 11.4. The van der Waals surface area contributed by atoms with Crippen LogP contribution in [0.15, 0.2) is 24.3 Å². The van der Waals surface area contributed by atoms with Crippen molar-refractivity contribution in [2.75, 3.05) is 13.2 Å². The number of carbonyl (C=O) groups is 1. The molecule has 1 atom stereocenters. The summed E-state index contributed by atoms with van der Waals surface area (Å²) in [7, 11) is 0.